The maximum atomic E-state index is 12.1. The molecule has 0 fully saturated rings. The lowest BCUT2D eigenvalue weighted by Gasteiger charge is -2.13. The Morgan fingerprint density at radius 3 is 2.36 bits per heavy atom. The van der Waals surface area contributed by atoms with Crippen LogP contribution in [0.15, 0.2) is 30.3 Å². The molecule has 2 aromatic rings. The molecule has 0 heterocycles. The van der Waals surface area contributed by atoms with Crippen molar-refractivity contribution in [3.8, 4) is 11.5 Å². The van der Waals surface area contributed by atoms with Gasteiger partial charge in [-0.25, -0.2) is 0 Å². The number of amides is 1. The molecule has 25 heavy (non-hydrogen) atoms. The molecule has 0 aliphatic heterocycles. The molecule has 0 radical (unpaired) electrons. The number of methoxy groups -OCH3 is 1. The Hall–Kier alpha value is -3.09. The van der Waals surface area contributed by atoms with Gasteiger partial charge in [0.1, 0.15) is 17.2 Å². The molecular weight excluding hydrogens is 324 g/mol. The molecule has 0 unspecified atom stereocenters. The van der Waals surface area contributed by atoms with Crippen LogP contribution in [-0.2, 0) is 4.79 Å². The van der Waals surface area contributed by atoms with Crippen LogP contribution in [-0.4, -0.2) is 24.5 Å². The summed E-state index contributed by atoms with van der Waals surface area (Å²) in [6, 6.07) is 8.16. The zero-order valence-corrected chi connectivity index (χ0v) is 14.6. The Morgan fingerprint density at radius 2 is 1.80 bits per heavy atom. The number of anilines is 1. The van der Waals surface area contributed by atoms with Crippen molar-refractivity contribution in [1.29, 1.82) is 0 Å². The molecule has 0 bridgehead atoms. The second kappa shape index (κ2) is 7.65. The summed E-state index contributed by atoms with van der Waals surface area (Å²) >= 11 is 0. The minimum Gasteiger partial charge on any atom is -0.496 e. The van der Waals surface area contributed by atoms with Gasteiger partial charge in [-0.05, 0) is 44.0 Å². The molecule has 0 saturated carbocycles. The summed E-state index contributed by atoms with van der Waals surface area (Å²) in [7, 11) is 1.41. The molecule has 2 aromatic carbocycles. The maximum Gasteiger partial charge on any atom is 0.296 e. The maximum absolute atomic E-state index is 12.1. The quantitative estimate of drug-likeness (QED) is 0.639. The fourth-order valence-corrected chi connectivity index (χ4v) is 2.61. The summed E-state index contributed by atoms with van der Waals surface area (Å²) in [5.74, 6) is 0.504. The number of carbonyl (C=O) groups excluding carboxylic acids is 1. The number of nitro groups is 1. The summed E-state index contributed by atoms with van der Waals surface area (Å²) in [5, 5.41) is 13.6. The smallest absolute Gasteiger partial charge is 0.296 e. The highest BCUT2D eigenvalue weighted by molar-refractivity contribution is 5.94. The molecule has 2 rings (SSSR count). The second-order valence-corrected chi connectivity index (χ2v) is 5.70. The highest BCUT2D eigenvalue weighted by atomic mass is 16.6. The highest BCUT2D eigenvalue weighted by Gasteiger charge is 2.18. The van der Waals surface area contributed by atoms with Crippen molar-refractivity contribution < 1.29 is 19.2 Å². The SMILES string of the molecule is COc1ccc(NC(=O)COc2c(C)cc(C)cc2C)c([N+](=O)[O-])c1. The van der Waals surface area contributed by atoms with Crippen LogP contribution in [0.2, 0.25) is 0 Å². The zero-order valence-electron chi connectivity index (χ0n) is 14.6. The van der Waals surface area contributed by atoms with E-state index in [2.05, 4.69) is 5.32 Å². The van der Waals surface area contributed by atoms with Gasteiger partial charge in [-0.2, -0.15) is 0 Å². The summed E-state index contributed by atoms with van der Waals surface area (Å²) in [5.41, 5.74) is 2.83. The first-order chi connectivity index (χ1) is 11.8. The fourth-order valence-electron chi connectivity index (χ4n) is 2.61. The first-order valence-electron chi connectivity index (χ1n) is 7.64. The normalized spacial score (nSPS) is 10.2. The predicted octanol–water partition coefficient (Wildman–Crippen LogP) is 3.55. The summed E-state index contributed by atoms with van der Waals surface area (Å²) in [4.78, 5) is 22.7. The van der Waals surface area contributed by atoms with Gasteiger partial charge in [-0.3, -0.25) is 14.9 Å². The van der Waals surface area contributed by atoms with E-state index in [1.807, 2.05) is 32.9 Å². The molecular formula is C18H20N2O5. The van der Waals surface area contributed by atoms with Gasteiger partial charge in [-0.15, -0.1) is 0 Å². The van der Waals surface area contributed by atoms with Crippen LogP contribution in [0.3, 0.4) is 0 Å². The average Bonchev–Trinajstić information content (AvgIpc) is 2.53. The predicted molar refractivity (Wildman–Crippen MR) is 94.4 cm³/mol. The van der Waals surface area contributed by atoms with E-state index in [9.17, 15) is 14.9 Å². The number of hydrogen-bond acceptors (Lipinski definition) is 5. The topological polar surface area (TPSA) is 90.7 Å². The largest absolute Gasteiger partial charge is 0.496 e. The number of ether oxygens (including phenoxy) is 2. The Morgan fingerprint density at radius 1 is 1.16 bits per heavy atom. The van der Waals surface area contributed by atoms with Crippen molar-refractivity contribution in [2.24, 2.45) is 0 Å². The van der Waals surface area contributed by atoms with Gasteiger partial charge in [0, 0.05) is 0 Å². The monoisotopic (exact) mass is 344 g/mol. The highest BCUT2D eigenvalue weighted by Crippen LogP contribution is 2.29. The van der Waals surface area contributed by atoms with E-state index in [-0.39, 0.29) is 18.0 Å². The van der Waals surface area contributed by atoms with Crippen molar-refractivity contribution in [3.63, 3.8) is 0 Å². The fraction of sp³-hybridized carbons (Fsp3) is 0.278. The van der Waals surface area contributed by atoms with Gasteiger partial charge >= 0.3 is 0 Å². The van der Waals surface area contributed by atoms with Crippen LogP contribution in [0.4, 0.5) is 11.4 Å². The molecule has 7 heteroatoms. The first kappa shape index (κ1) is 18.3. The van der Waals surface area contributed by atoms with Crippen LogP contribution in [0.25, 0.3) is 0 Å². The molecule has 0 aliphatic rings. The van der Waals surface area contributed by atoms with Gasteiger partial charge in [-0.1, -0.05) is 17.7 Å². The van der Waals surface area contributed by atoms with Crippen LogP contribution in [0.1, 0.15) is 16.7 Å². The number of benzene rings is 2. The molecule has 1 N–H and O–H groups in total. The van der Waals surface area contributed by atoms with Crippen molar-refractivity contribution >= 4 is 17.3 Å². The van der Waals surface area contributed by atoms with Crippen molar-refractivity contribution in [1.82, 2.24) is 0 Å². The minimum atomic E-state index is -0.576. The molecule has 7 nitrogen and oxygen atoms in total. The second-order valence-electron chi connectivity index (χ2n) is 5.70. The van der Waals surface area contributed by atoms with Gasteiger partial charge < -0.3 is 14.8 Å². The van der Waals surface area contributed by atoms with Crippen molar-refractivity contribution in [2.75, 3.05) is 19.0 Å². The van der Waals surface area contributed by atoms with Gasteiger partial charge in [0.25, 0.3) is 11.6 Å². The van der Waals surface area contributed by atoms with Crippen LogP contribution in [0.5, 0.6) is 11.5 Å². The van der Waals surface area contributed by atoms with E-state index in [4.69, 9.17) is 9.47 Å². The molecule has 1 amide bonds. The lowest BCUT2D eigenvalue weighted by Crippen LogP contribution is -2.21. The third kappa shape index (κ3) is 4.47. The number of hydrogen-bond donors (Lipinski definition) is 1. The van der Waals surface area contributed by atoms with E-state index in [0.29, 0.717) is 11.5 Å². The van der Waals surface area contributed by atoms with E-state index in [1.54, 1.807) is 0 Å². The minimum absolute atomic E-state index is 0.0942. The third-order valence-electron chi connectivity index (χ3n) is 3.63. The summed E-state index contributed by atoms with van der Waals surface area (Å²) in [6.07, 6.45) is 0. The van der Waals surface area contributed by atoms with E-state index in [0.717, 1.165) is 16.7 Å². The number of rotatable bonds is 6. The molecule has 0 saturated heterocycles. The van der Waals surface area contributed by atoms with Gasteiger partial charge in [0.2, 0.25) is 0 Å². The Balaban J connectivity index is 2.10. The third-order valence-corrected chi connectivity index (χ3v) is 3.63. The standard InChI is InChI=1S/C18H20N2O5/c1-11-7-12(2)18(13(3)8-11)25-10-17(21)19-15-6-5-14(24-4)9-16(15)20(22)23/h5-9H,10H2,1-4H3,(H,19,21). The molecule has 0 atom stereocenters. The lowest BCUT2D eigenvalue weighted by atomic mass is 10.1. The van der Waals surface area contributed by atoms with E-state index in [1.165, 1.54) is 25.3 Å². The summed E-state index contributed by atoms with van der Waals surface area (Å²) < 4.78 is 10.6. The Bertz CT molecular complexity index is 794. The van der Waals surface area contributed by atoms with Crippen molar-refractivity contribution in [2.45, 2.75) is 20.8 Å². The number of nitrogens with one attached hydrogen (secondary N) is 1. The average molecular weight is 344 g/mol. The molecule has 0 aromatic heterocycles. The van der Waals surface area contributed by atoms with Crippen LogP contribution >= 0.6 is 0 Å². The molecule has 132 valence electrons. The number of carbonyl (C=O) groups is 1. The van der Waals surface area contributed by atoms with Crippen LogP contribution < -0.4 is 14.8 Å². The zero-order chi connectivity index (χ0) is 18.6. The number of aryl methyl sites for hydroxylation is 3. The van der Waals surface area contributed by atoms with Gasteiger partial charge in [0.15, 0.2) is 6.61 Å². The van der Waals surface area contributed by atoms with Crippen molar-refractivity contribution in [3.05, 3.63) is 57.1 Å². The first-order valence-corrected chi connectivity index (χ1v) is 7.64. The van der Waals surface area contributed by atoms with E-state index >= 15 is 0 Å². The van der Waals surface area contributed by atoms with Gasteiger partial charge in [0.05, 0.1) is 18.1 Å². The molecule has 0 aliphatic carbocycles. The molecule has 0 spiro atoms. The Kier molecular flexibility index (Phi) is 5.59. The Labute approximate surface area is 145 Å². The number of nitrogens with zero attached hydrogens (tertiary/aromatic N) is 1. The van der Waals surface area contributed by atoms with Crippen LogP contribution in [0, 0.1) is 30.9 Å². The lowest BCUT2D eigenvalue weighted by molar-refractivity contribution is -0.384. The van der Waals surface area contributed by atoms with E-state index < -0.39 is 10.8 Å². The number of nitro benzene ring substituents is 1. The summed E-state index contributed by atoms with van der Waals surface area (Å²) in [6.45, 7) is 5.55.